The molecule has 2 heterocycles. The van der Waals surface area contributed by atoms with Gasteiger partial charge in [0, 0.05) is 17.3 Å². The van der Waals surface area contributed by atoms with Crippen LogP contribution in [0.5, 0.6) is 5.88 Å². The van der Waals surface area contributed by atoms with Crippen LogP contribution in [-0.4, -0.2) is 53.6 Å². The lowest BCUT2D eigenvalue weighted by molar-refractivity contribution is 0.0960. The second-order valence-corrected chi connectivity index (χ2v) is 7.26. The molecule has 3 rings (SSSR count). The lowest BCUT2D eigenvalue weighted by Gasteiger charge is -2.14. The van der Waals surface area contributed by atoms with Gasteiger partial charge in [-0.15, -0.1) is 5.10 Å². The first-order valence-electron chi connectivity index (χ1n) is 9.52. The van der Waals surface area contributed by atoms with E-state index >= 15 is 0 Å². The fourth-order valence-corrected chi connectivity index (χ4v) is 3.27. The molecule has 34 heavy (non-hydrogen) atoms. The molecule has 3 aromatic rings. The van der Waals surface area contributed by atoms with Gasteiger partial charge in [-0.2, -0.15) is 5.26 Å². The van der Waals surface area contributed by atoms with Crippen LogP contribution in [0.2, 0.25) is 10.0 Å². The highest BCUT2D eigenvalue weighted by atomic mass is 35.5. The van der Waals surface area contributed by atoms with Gasteiger partial charge in [0.1, 0.15) is 18.9 Å². The molecule has 13 heteroatoms. The van der Waals surface area contributed by atoms with Crippen molar-refractivity contribution in [2.24, 2.45) is 5.16 Å². The van der Waals surface area contributed by atoms with Crippen LogP contribution in [0, 0.1) is 11.3 Å². The number of amides is 2. The number of hydrogen-bond acceptors (Lipinski definition) is 8. The predicted octanol–water partition coefficient (Wildman–Crippen LogP) is 3.07. The third kappa shape index (κ3) is 5.43. The number of carbonyl (C=O) groups is 2. The average Bonchev–Trinajstić information content (AvgIpc) is 3.27. The molecule has 1 aromatic carbocycles. The van der Waals surface area contributed by atoms with E-state index in [2.05, 4.69) is 30.7 Å². The molecule has 2 amide bonds. The highest BCUT2D eigenvalue weighted by Gasteiger charge is 2.24. The molecule has 0 bridgehead atoms. The summed E-state index contributed by atoms with van der Waals surface area (Å²) >= 11 is 12.3. The number of carbonyl (C=O) groups excluding carboxylic acids is 2. The number of oxime groups is 1. The highest BCUT2D eigenvalue weighted by molar-refractivity contribution is 6.32. The van der Waals surface area contributed by atoms with Crippen molar-refractivity contribution in [3.05, 3.63) is 63.4 Å². The molecule has 0 unspecified atom stereocenters. The molecule has 0 fully saturated rings. The Morgan fingerprint density at radius 3 is 2.74 bits per heavy atom. The van der Waals surface area contributed by atoms with Crippen LogP contribution < -0.4 is 15.4 Å². The van der Waals surface area contributed by atoms with Crippen LogP contribution in [0.3, 0.4) is 0 Å². The van der Waals surface area contributed by atoms with Crippen LogP contribution >= 0.6 is 23.2 Å². The number of anilines is 1. The smallest absolute Gasteiger partial charge is 0.274 e. The summed E-state index contributed by atoms with van der Waals surface area (Å²) in [6.45, 7) is 0.0383. The van der Waals surface area contributed by atoms with E-state index in [0.717, 1.165) is 0 Å². The minimum Gasteiger partial charge on any atom is -0.480 e. The maximum atomic E-state index is 13.3. The van der Waals surface area contributed by atoms with E-state index in [9.17, 15) is 14.9 Å². The number of halogens is 2. The molecule has 0 aliphatic carbocycles. The summed E-state index contributed by atoms with van der Waals surface area (Å²) in [6.07, 6.45) is 2.81. The number of rotatable bonds is 8. The van der Waals surface area contributed by atoms with Gasteiger partial charge in [-0.25, -0.2) is 9.67 Å². The van der Waals surface area contributed by atoms with E-state index in [1.807, 2.05) is 6.07 Å². The zero-order valence-electron chi connectivity index (χ0n) is 17.9. The van der Waals surface area contributed by atoms with Gasteiger partial charge in [0.05, 0.1) is 41.7 Å². The second kappa shape index (κ2) is 11.1. The molecule has 0 atom stereocenters. The maximum Gasteiger partial charge on any atom is 0.274 e. The van der Waals surface area contributed by atoms with E-state index in [4.69, 9.17) is 27.9 Å². The van der Waals surface area contributed by atoms with Crippen molar-refractivity contribution >= 4 is 46.9 Å². The molecule has 0 aliphatic rings. The first-order valence-corrected chi connectivity index (χ1v) is 10.3. The third-order valence-corrected chi connectivity index (χ3v) is 4.82. The fraction of sp³-hybridized carbons (Fsp3) is 0.143. The first kappa shape index (κ1) is 24.5. The van der Waals surface area contributed by atoms with Gasteiger partial charge in [0.15, 0.2) is 5.82 Å². The zero-order chi connectivity index (χ0) is 24.7. The Hall–Kier alpha value is -4.14. The number of ether oxygens (including phenoxy) is 1. The molecule has 0 saturated heterocycles. The summed E-state index contributed by atoms with van der Waals surface area (Å²) in [5.74, 6) is -0.995. The topological polar surface area (TPSA) is 144 Å². The Morgan fingerprint density at radius 2 is 2.06 bits per heavy atom. The van der Waals surface area contributed by atoms with Gasteiger partial charge in [-0.3, -0.25) is 9.59 Å². The Labute approximate surface area is 203 Å². The molecule has 0 saturated carbocycles. The SMILES string of the molecule is CO/N=C/CNC(=O)c1cc(Cl)cc(C#N)c1NC(=O)c1cc(OC)nn1-c1ncccc1Cl. The number of benzene rings is 1. The highest BCUT2D eigenvalue weighted by Crippen LogP contribution is 2.28. The van der Waals surface area contributed by atoms with E-state index < -0.39 is 11.8 Å². The molecule has 0 spiro atoms. The minimum absolute atomic E-state index is 0.00474. The average molecular weight is 502 g/mol. The van der Waals surface area contributed by atoms with E-state index in [1.54, 1.807) is 12.1 Å². The summed E-state index contributed by atoms with van der Waals surface area (Å²) in [5, 5.41) is 22.9. The number of aromatic nitrogens is 3. The predicted molar refractivity (Wildman–Crippen MR) is 125 cm³/mol. The van der Waals surface area contributed by atoms with E-state index in [0.29, 0.717) is 0 Å². The summed E-state index contributed by atoms with van der Waals surface area (Å²) in [4.78, 5) is 34.7. The number of hydrogen-bond donors (Lipinski definition) is 2. The summed E-state index contributed by atoms with van der Waals surface area (Å²) in [7, 11) is 2.75. The standard InChI is InChI=1S/C21H17Cl2N7O4/c1-33-17-10-16(30(29-17)19-15(23)4-3-5-25-19)21(32)28-18-12(11-24)8-13(22)9-14(18)20(31)26-6-7-27-34-2/h3-5,7-10H,6H2,1-2H3,(H,26,31)(H,28,32)/b27-7+. The van der Waals surface area contributed by atoms with Gasteiger partial charge < -0.3 is 20.2 Å². The van der Waals surface area contributed by atoms with Crippen molar-refractivity contribution in [1.29, 1.82) is 5.26 Å². The van der Waals surface area contributed by atoms with Gasteiger partial charge in [-0.1, -0.05) is 28.4 Å². The third-order valence-electron chi connectivity index (χ3n) is 4.31. The molecule has 2 N–H and O–H groups in total. The van der Waals surface area contributed by atoms with Crippen molar-refractivity contribution in [1.82, 2.24) is 20.1 Å². The van der Waals surface area contributed by atoms with E-state index in [-0.39, 0.29) is 50.8 Å². The number of pyridine rings is 1. The summed E-state index contributed by atoms with van der Waals surface area (Å²) in [6, 6.07) is 9.16. The van der Waals surface area contributed by atoms with E-state index in [1.165, 1.54) is 49.5 Å². The molecular formula is C21H17Cl2N7O4. The van der Waals surface area contributed by atoms with Crippen molar-refractivity contribution < 1.29 is 19.2 Å². The molecule has 0 aliphatic heterocycles. The molecule has 11 nitrogen and oxygen atoms in total. The molecule has 174 valence electrons. The minimum atomic E-state index is -0.702. The lowest BCUT2D eigenvalue weighted by Crippen LogP contribution is -2.27. The Morgan fingerprint density at radius 1 is 1.26 bits per heavy atom. The number of nitrogens with one attached hydrogen (secondary N) is 2. The number of nitriles is 1. The largest absolute Gasteiger partial charge is 0.480 e. The Kier molecular flexibility index (Phi) is 8.02. The number of nitrogens with zero attached hydrogens (tertiary/aromatic N) is 5. The number of methoxy groups -OCH3 is 1. The van der Waals surface area contributed by atoms with Crippen LogP contribution in [-0.2, 0) is 4.84 Å². The summed E-state index contributed by atoms with van der Waals surface area (Å²) in [5.41, 5.74) is -0.102. The van der Waals surface area contributed by atoms with Gasteiger partial charge in [0.2, 0.25) is 5.88 Å². The second-order valence-electron chi connectivity index (χ2n) is 6.41. The molecule has 2 aromatic heterocycles. The van der Waals surface area contributed by atoms with Crippen LogP contribution in [0.4, 0.5) is 5.69 Å². The monoisotopic (exact) mass is 501 g/mol. The fourth-order valence-electron chi connectivity index (χ4n) is 2.85. The van der Waals surface area contributed by atoms with Crippen LogP contribution in [0.25, 0.3) is 5.82 Å². The van der Waals surface area contributed by atoms with Crippen LogP contribution in [0.1, 0.15) is 26.4 Å². The first-order chi connectivity index (χ1) is 16.4. The van der Waals surface area contributed by atoms with Crippen LogP contribution in [0.15, 0.2) is 41.7 Å². The maximum absolute atomic E-state index is 13.3. The van der Waals surface area contributed by atoms with Crippen molar-refractivity contribution in [2.45, 2.75) is 0 Å². The zero-order valence-corrected chi connectivity index (χ0v) is 19.4. The van der Waals surface area contributed by atoms with Crippen molar-refractivity contribution in [2.75, 3.05) is 26.1 Å². The van der Waals surface area contributed by atoms with Gasteiger partial charge >= 0.3 is 0 Å². The van der Waals surface area contributed by atoms with Crippen molar-refractivity contribution in [3.63, 3.8) is 0 Å². The molecule has 0 radical (unpaired) electrons. The Balaban J connectivity index is 2.02. The Bertz CT molecular complexity index is 1300. The van der Waals surface area contributed by atoms with Gasteiger partial charge in [-0.05, 0) is 24.3 Å². The molecular weight excluding hydrogens is 485 g/mol. The lowest BCUT2D eigenvalue weighted by atomic mass is 10.1. The van der Waals surface area contributed by atoms with Crippen molar-refractivity contribution in [3.8, 4) is 17.8 Å². The normalized spacial score (nSPS) is 10.6. The quantitative estimate of drug-likeness (QED) is 0.356. The van der Waals surface area contributed by atoms with Gasteiger partial charge in [0.25, 0.3) is 11.8 Å². The summed E-state index contributed by atoms with van der Waals surface area (Å²) < 4.78 is 6.34.